The van der Waals surface area contributed by atoms with Crippen molar-refractivity contribution in [3.8, 4) is 0 Å². The van der Waals surface area contributed by atoms with Crippen molar-refractivity contribution >= 4 is 5.97 Å². The van der Waals surface area contributed by atoms with Gasteiger partial charge in [-0.25, -0.2) is 0 Å². The summed E-state index contributed by atoms with van der Waals surface area (Å²) in [4.78, 5) is 18.3. The van der Waals surface area contributed by atoms with E-state index >= 15 is 0 Å². The Hall–Kier alpha value is -1.03. The van der Waals surface area contributed by atoms with E-state index in [1.54, 1.807) is 0 Å². The lowest BCUT2D eigenvalue weighted by atomic mass is 10.4. The second-order valence-electron chi connectivity index (χ2n) is 1.36. The standard InChI is InChI=1S/C5H8O4/c1-4(9-8-2)3-5(6)7/h1,3H2,2H3,(H,6,7). The fourth-order valence-electron chi connectivity index (χ4n) is 0.316. The quantitative estimate of drug-likeness (QED) is 0.345. The molecule has 0 aliphatic rings. The zero-order valence-electron chi connectivity index (χ0n) is 5.09. The molecule has 0 radical (unpaired) electrons. The van der Waals surface area contributed by atoms with E-state index in [1.807, 2.05) is 0 Å². The van der Waals surface area contributed by atoms with Crippen LogP contribution in [0, 0.1) is 0 Å². The van der Waals surface area contributed by atoms with E-state index in [9.17, 15) is 4.79 Å². The Balaban J connectivity index is 3.39. The molecule has 9 heavy (non-hydrogen) atoms. The maximum atomic E-state index is 9.89. The number of rotatable bonds is 4. The molecule has 0 aromatic carbocycles. The van der Waals surface area contributed by atoms with Crippen LogP contribution in [0.2, 0.25) is 0 Å². The molecule has 0 amide bonds. The van der Waals surface area contributed by atoms with Crippen LogP contribution in [0.15, 0.2) is 12.3 Å². The summed E-state index contributed by atoms with van der Waals surface area (Å²) in [6.07, 6.45) is -0.228. The Morgan fingerprint density at radius 2 is 2.33 bits per heavy atom. The Morgan fingerprint density at radius 3 is 2.67 bits per heavy atom. The highest BCUT2D eigenvalue weighted by atomic mass is 17.2. The van der Waals surface area contributed by atoms with Gasteiger partial charge in [0.15, 0.2) is 0 Å². The normalized spacial score (nSPS) is 8.56. The van der Waals surface area contributed by atoms with E-state index < -0.39 is 5.97 Å². The summed E-state index contributed by atoms with van der Waals surface area (Å²) in [5, 5.41) is 8.11. The Bertz CT molecular complexity index is 118. The number of hydrogen-bond donors (Lipinski definition) is 1. The van der Waals surface area contributed by atoms with Crippen molar-refractivity contribution in [2.75, 3.05) is 7.11 Å². The van der Waals surface area contributed by atoms with Crippen molar-refractivity contribution < 1.29 is 19.7 Å². The highest BCUT2D eigenvalue weighted by Crippen LogP contribution is 1.98. The number of carbonyl (C=O) groups is 1. The van der Waals surface area contributed by atoms with Crippen LogP contribution in [0.1, 0.15) is 6.42 Å². The smallest absolute Gasteiger partial charge is 0.311 e. The van der Waals surface area contributed by atoms with E-state index in [0.29, 0.717) is 0 Å². The van der Waals surface area contributed by atoms with Gasteiger partial charge in [0, 0.05) is 0 Å². The van der Waals surface area contributed by atoms with Gasteiger partial charge in [-0.2, -0.15) is 4.89 Å². The Labute approximate surface area is 52.6 Å². The molecule has 0 fully saturated rings. The molecule has 0 aromatic rings. The van der Waals surface area contributed by atoms with Gasteiger partial charge < -0.3 is 9.99 Å². The van der Waals surface area contributed by atoms with Crippen LogP contribution in [-0.4, -0.2) is 18.2 Å². The first-order valence-electron chi connectivity index (χ1n) is 2.27. The zero-order chi connectivity index (χ0) is 7.28. The largest absolute Gasteiger partial charge is 0.481 e. The number of hydrogen-bond acceptors (Lipinski definition) is 3. The van der Waals surface area contributed by atoms with Gasteiger partial charge in [0.05, 0.1) is 7.11 Å². The molecule has 0 aliphatic carbocycles. The van der Waals surface area contributed by atoms with Crippen LogP contribution in [0.5, 0.6) is 0 Å². The predicted molar refractivity (Wildman–Crippen MR) is 29.5 cm³/mol. The Morgan fingerprint density at radius 1 is 1.78 bits per heavy atom. The lowest BCUT2D eigenvalue weighted by molar-refractivity contribution is -0.239. The second kappa shape index (κ2) is 3.91. The van der Waals surface area contributed by atoms with Crippen molar-refractivity contribution in [2.24, 2.45) is 0 Å². The molecule has 0 bridgehead atoms. The first-order chi connectivity index (χ1) is 4.16. The van der Waals surface area contributed by atoms with Crippen LogP contribution < -0.4 is 0 Å². The van der Waals surface area contributed by atoms with Gasteiger partial charge in [0.2, 0.25) is 0 Å². The highest BCUT2D eigenvalue weighted by Gasteiger charge is 2.01. The second-order valence-corrected chi connectivity index (χ2v) is 1.36. The van der Waals surface area contributed by atoms with E-state index in [2.05, 4.69) is 16.4 Å². The molecule has 0 atom stereocenters. The van der Waals surface area contributed by atoms with Crippen molar-refractivity contribution in [3.05, 3.63) is 12.3 Å². The molecule has 0 saturated carbocycles. The maximum absolute atomic E-state index is 9.89. The van der Waals surface area contributed by atoms with E-state index in [-0.39, 0.29) is 12.2 Å². The van der Waals surface area contributed by atoms with Crippen molar-refractivity contribution in [1.82, 2.24) is 0 Å². The average molecular weight is 132 g/mol. The average Bonchev–Trinajstić information content (AvgIpc) is 1.63. The monoisotopic (exact) mass is 132 g/mol. The lowest BCUT2D eigenvalue weighted by Crippen LogP contribution is -1.98. The summed E-state index contributed by atoms with van der Waals surface area (Å²) in [7, 11) is 1.28. The van der Waals surface area contributed by atoms with Gasteiger partial charge in [0.25, 0.3) is 0 Å². The number of aliphatic carboxylic acids is 1. The van der Waals surface area contributed by atoms with Gasteiger partial charge in [-0.05, 0) is 0 Å². The van der Waals surface area contributed by atoms with Gasteiger partial charge >= 0.3 is 5.97 Å². The van der Waals surface area contributed by atoms with Crippen LogP contribution in [0.4, 0.5) is 0 Å². The van der Waals surface area contributed by atoms with Crippen molar-refractivity contribution in [3.63, 3.8) is 0 Å². The van der Waals surface area contributed by atoms with Crippen LogP contribution in [0.25, 0.3) is 0 Å². The van der Waals surface area contributed by atoms with Crippen LogP contribution in [-0.2, 0) is 14.6 Å². The molecular weight excluding hydrogens is 124 g/mol. The molecule has 0 heterocycles. The van der Waals surface area contributed by atoms with Crippen LogP contribution >= 0.6 is 0 Å². The number of carboxylic acids is 1. The fraction of sp³-hybridized carbons (Fsp3) is 0.400. The third kappa shape index (κ3) is 4.83. The first kappa shape index (κ1) is 7.97. The van der Waals surface area contributed by atoms with E-state index in [4.69, 9.17) is 5.11 Å². The van der Waals surface area contributed by atoms with E-state index in [0.717, 1.165) is 0 Å². The van der Waals surface area contributed by atoms with Gasteiger partial charge in [-0.3, -0.25) is 4.79 Å². The van der Waals surface area contributed by atoms with Gasteiger partial charge in [0.1, 0.15) is 12.2 Å². The highest BCUT2D eigenvalue weighted by molar-refractivity contribution is 5.69. The Kier molecular flexibility index (Phi) is 3.46. The van der Waals surface area contributed by atoms with Crippen molar-refractivity contribution in [2.45, 2.75) is 6.42 Å². The van der Waals surface area contributed by atoms with Crippen molar-refractivity contribution in [1.29, 1.82) is 0 Å². The molecule has 0 aromatic heterocycles. The minimum absolute atomic E-state index is 0.0880. The minimum atomic E-state index is -0.989. The zero-order valence-corrected chi connectivity index (χ0v) is 5.09. The molecule has 0 aliphatic heterocycles. The molecule has 4 nitrogen and oxygen atoms in total. The molecule has 1 N–H and O–H groups in total. The molecule has 4 heteroatoms. The predicted octanol–water partition coefficient (Wildman–Crippen LogP) is 0.553. The topological polar surface area (TPSA) is 55.8 Å². The third-order valence-corrected chi connectivity index (χ3v) is 0.550. The fourth-order valence-corrected chi connectivity index (χ4v) is 0.316. The van der Waals surface area contributed by atoms with Crippen LogP contribution in [0.3, 0.4) is 0 Å². The molecule has 0 spiro atoms. The molecular formula is C5H8O4. The number of carboxylic acid groups (broad SMARTS) is 1. The summed E-state index contributed by atoms with van der Waals surface area (Å²) >= 11 is 0. The molecule has 0 saturated heterocycles. The van der Waals surface area contributed by atoms with E-state index in [1.165, 1.54) is 7.11 Å². The summed E-state index contributed by atoms with van der Waals surface area (Å²) in [6.45, 7) is 3.26. The molecule has 0 rings (SSSR count). The SMILES string of the molecule is C=C(CC(=O)O)OOC. The first-order valence-corrected chi connectivity index (χ1v) is 2.27. The summed E-state index contributed by atoms with van der Waals surface area (Å²) in [5.41, 5.74) is 0. The minimum Gasteiger partial charge on any atom is -0.481 e. The lowest BCUT2D eigenvalue weighted by Gasteiger charge is -1.99. The molecule has 52 valence electrons. The van der Waals surface area contributed by atoms with Gasteiger partial charge in [-0.1, -0.05) is 6.58 Å². The summed E-state index contributed by atoms with van der Waals surface area (Å²) in [5.74, 6) is -0.901. The maximum Gasteiger partial charge on any atom is 0.311 e. The summed E-state index contributed by atoms with van der Waals surface area (Å²) < 4.78 is 0. The third-order valence-electron chi connectivity index (χ3n) is 0.550. The summed E-state index contributed by atoms with van der Waals surface area (Å²) in [6, 6.07) is 0. The molecule has 0 unspecified atom stereocenters. The van der Waals surface area contributed by atoms with Gasteiger partial charge in [-0.15, -0.1) is 0 Å².